The van der Waals surface area contributed by atoms with Crippen molar-refractivity contribution in [1.82, 2.24) is 9.55 Å². The second-order valence-corrected chi connectivity index (χ2v) is 6.55. The SMILES string of the molecule is Cc1ccc(-n2c(O)c([C@H]3OC(=O)c4ccccc43)c(=O)[nH]c2=O)cc1Cl. The van der Waals surface area contributed by atoms with E-state index in [-0.39, 0.29) is 11.3 Å². The van der Waals surface area contributed by atoms with Crippen LogP contribution in [0.25, 0.3) is 5.69 Å². The fourth-order valence-electron chi connectivity index (χ4n) is 3.10. The van der Waals surface area contributed by atoms with Gasteiger partial charge in [-0.2, -0.15) is 0 Å². The normalized spacial score (nSPS) is 15.5. The maximum Gasteiger partial charge on any atom is 0.339 e. The number of ether oxygens (including phenoxy) is 1. The third-order valence-corrected chi connectivity index (χ3v) is 4.89. The van der Waals surface area contributed by atoms with E-state index in [1.807, 2.05) is 0 Å². The van der Waals surface area contributed by atoms with E-state index in [2.05, 4.69) is 4.98 Å². The number of aromatic hydroxyl groups is 1. The largest absolute Gasteiger partial charge is 0.494 e. The van der Waals surface area contributed by atoms with Crippen molar-refractivity contribution in [3.05, 3.63) is 90.6 Å². The van der Waals surface area contributed by atoms with Crippen LogP contribution in [0.5, 0.6) is 5.88 Å². The fraction of sp³-hybridized carbons (Fsp3) is 0.105. The molecular formula is C19H13ClN2O5. The fourth-order valence-corrected chi connectivity index (χ4v) is 3.27. The number of cyclic esters (lactones) is 1. The summed E-state index contributed by atoms with van der Waals surface area (Å²) in [6, 6.07) is 11.3. The molecule has 1 aliphatic rings. The van der Waals surface area contributed by atoms with Gasteiger partial charge in [0.25, 0.3) is 5.56 Å². The molecule has 4 rings (SSSR count). The number of carbonyl (C=O) groups excluding carboxylic acids is 1. The van der Waals surface area contributed by atoms with E-state index in [0.717, 1.165) is 10.1 Å². The lowest BCUT2D eigenvalue weighted by Crippen LogP contribution is -2.32. The number of hydrogen-bond donors (Lipinski definition) is 2. The number of halogens is 1. The smallest absolute Gasteiger partial charge is 0.339 e. The number of aromatic amines is 1. The van der Waals surface area contributed by atoms with Gasteiger partial charge in [0.1, 0.15) is 5.56 Å². The summed E-state index contributed by atoms with van der Waals surface area (Å²) in [6.07, 6.45) is -1.12. The zero-order chi connectivity index (χ0) is 19.3. The lowest BCUT2D eigenvalue weighted by molar-refractivity contribution is 0.0449. The molecule has 1 atom stereocenters. The monoisotopic (exact) mass is 384 g/mol. The van der Waals surface area contributed by atoms with Crippen molar-refractivity contribution in [2.24, 2.45) is 0 Å². The van der Waals surface area contributed by atoms with Crippen molar-refractivity contribution in [3.8, 4) is 11.6 Å². The van der Waals surface area contributed by atoms with Crippen LogP contribution in [0, 0.1) is 6.92 Å². The van der Waals surface area contributed by atoms with Crippen LogP contribution in [0.3, 0.4) is 0 Å². The molecule has 8 heteroatoms. The van der Waals surface area contributed by atoms with Gasteiger partial charge in [-0.25, -0.2) is 14.2 Å². The van der Waals surface area contributed by atoms with Gasteiger partial charge >= 0.3 is 11.7 Å². The number of benzene rings is 2. The predicted octanol–water partition coefficient (Wildman–Crippen LogP) is 2.45. The summed E-state index contributed by atoms with van der Waals surface area (Å²) in [4.78, 5) is 39.0. The van der Waals surface area contributed by atoms with E-state index in [4.69, 9.17) is 16.3 Å². The molecule has 3 aromatic rings. The van der Waals surface area contributed by atoms with Crippen molar-refractivity contribution in [1.29, 1.82) is 0 Å². The van der Waals surface area contributed by atoms with Crippen LogP contribution in [0.15, 0.2) is 52.1 Å². The molecule has 0 bridgehead atoms. The number of aryl methyl sites for hydroxylation is 1. The molecule has 2 N–H and O–H groups in total. The van der Waals surface area contributed by atoms with Crippen LogP contribution < -0.4 is 11.2 Å². The van der Waals surface area contributed by atoms with Crippen molar-refractivity contribution in [2.45, 2.75) is 13.0 Å². The van der Waals surface area contributed by atoms with E-state index in [1.54, 1.807) is 43.3 Å². The molecule has 0 spiro atoms. The summed E-state index contributed by atoms with van der Waals surface area (Å²) >= 11 is 6.11. The number of nitrogens with one attached hydrogen (secondary N) is 1. The number of nitrogens with zero attached hydrogens (tertiary/aromatic N) is 1. The Bertz CT molecular complexity index is 1210. The number of fused-ring (bicyclic) bond motifs is 1. The molecule has 27 heavy (non-hydrogen) atoms. The Hall–Kier alpha value is -3.32. The zero-order valence-electron chi connectivity index (χ0n) is 14.0. The summed E-state index contributed by atoms with van der Waals surface area (Å²) < 4.78 is 6.21. The van der Waals surface area contributed by atoms with Gasteiger partial charge in [0, 0.05) is 10.6 Å². The van der Waals surface area contributed by atoms with E-state index in [0.29, 0.717) is 16.1 Å². The summed E-state index contributed by atoms with van der Waals surface area (Å²) in [5.41, 5.74) is -0.0998. The molecule has 0 saturated heterocycles. The zero-order valence-corrected chi connectivity index (χ0v) is 14.8. The Morgan fingerprint density at radius 1 is 1.15 bits per heavy atom. The molecule has 1 aromatic heterocycles. The third kappa shape index (κ3) is 2.63. The summed E-state index contributed by atoms with van der Waals surface area (Å²) in [7, 11) is 0. The minimum atomic E-state index is -1.12. The molecule has 136 valence electrons. The second kappa shape index (κ2) is 6.14. The highest BCUT2D eigenvalue weighted by atomic mass is 35.5. The lowest BCUT2D eigenvalue weighted by Gasteiger charge is -2.16. The lowest BCUT2D eigenvalue weighted by atomic mass is 10.0. The first-order valence-electron chi connectivity index (χ1n) is 8.03. The van der Waals surface area contributed by atoms with Crippen LogP contribution >= 0.6 is 11.6 Å². The van der Waals surface area contributed by atoms with Gasteiger partial charge in [-0.1, -0.05) is 35.9 Å². The molecule has 0 unspecified atom stereocenters. The molecule has 7 nitrogen and oxygen atoms in total. The quantitative estimate of drug-likeness (QED) is 0.661. The average Bonchev–Trinajstić information content (AvgIpc) is 2.95. The molecule has 2 aromatic carbocycles. The van der Waals surface area contributed by atoms with Gasteiger partial charge in [0.15, 0.2) is 6.10 Å². The van der Waals surface area contributed by atoms with Gasteiger partial charge in [-0.3, -0.25) is 9.78 Å². The first-order chi connectivity index (χ1) is 12.9. The Balaban J connectivity index is 1.96. The average molecular weight is 385 g/mol. The third-order valence-electron chi connectivity index (χ3n) is 4.48. The molecule has 0 fully saturated rings. The van der Waals surface area contributed by atoms with Crippen LogP contribution in [-0.2, 0) is 4.74 Å². The van der Waals surface area contributed by atoms with Crippen molar-refractivity contribution in [2.75, 3.05) is 0 Å². The van der Waals surface area contributed by atoms with Crippen molar-refractivity contribution in [3.63, 3.8) is 0 Å². The maximum absolute atomic E-state index is 12.4. The Kier molecular flexibility index (Phi) is 3.89. The Labute approximate surface area is 157 Å². The highest BCUT2D eigenvalue weighted by Gasteiger charge is 2.36. The second-order valence-electron chi connectivity index (χ2n) is 6.14. The minimum Gasteiger partial charge on any atom is -0.494 e. The molecule has 1 aliphatic heterocycles. The minimum absolute atomic E-state index is 0.232. The van der Waals surface area contributed by atoms with Crippen LogP contribution in [0.2, 0.25) is 5.02 Å². The predicted molar refractivity (Wildman–Crippen MR) is 97.8 cm³/mol. The number of rotatable bonds is 2. The van der Waals surface area contributed by atoms with Gasteiger partial charge < -0.3 is 9.84 Å². The standard InChI is InChI=1S/C19H13ClN2O5/c1-9-6-7-10(8-13(9)20)22-17(24)14(16(23)21-19(22)26)15-11-4-2-3-5-12(11)18(25)27-15/h2-8,15,24H,1H3,(H,21,23,26)/t15-/m0/s1. The van der Waals surface area contributed by atoms with E-state index < -0.39 is 29.2 Å². The van der Waals surface area contributed by atoms with Crippen molar-refractivity contribution >= 4 is 17.6 Å². The van der Waals surface area contributed by atoms with E-state index in [1.165, 1.54) is 6.07 Å². The molecule has 2 heterocycles. The van der Waals surface area contributed by atoms with Crippen molar-refractivity contribution < 1.29 is 14.6 Å². The highest BCUT2D eigenvalue weighted by molar-refractivity contribution is 6.31. The summed E-state index contributed by atoms with van der Waals surface area (Å²) in [6.45, 7) is 1.79. The number of H-pyrrole nitrogens is 1. The summed E-state index contributed by atoms with van der Waals surface area (Å²) in [5.74, 6) is -1.22. The number of hydrogen-bond acceptors (Lipinski definition) is 5. The molecule has 0 amide bonds. The van der Waals surface area contributed by atoms with E-state index >= 15 is 0 Å². The van der Waals surface area contributed by atoms with Crippen LogP contribution in [0.4, 0.5) is 0 Å². The van der Waals surface area contributed by atoms with E-state index in [9.17, 15) is 19.5 Å². The molecule has 0 radical (unpaired) electrons. The first-order valence-corrected chi connectivity index (χ1v) is 8.41. The first kappa shape index (κ1) is 17.1. The van der Waals surface area contributed by atoms with Crippen LogP contribution in [-0.4, -0.2) is 20.6 Å². The number of aromatic nitrogens is 2. The Morgan fingerprint density at radius 2 is 1.89 bits per heavy atom. The van der Waals surface area contributed by atoms with Gasteiger partial charge in [-0.05, 0) is 30.7 Å². The number of esters is 1. The molecule has 0 aliphatic carbocycles. The van der Waals surface area contributed by atoms with Crippen LogP contribution in [0.1, 0.15) is 33.2 Å². The maximum atomic E-state index is 12.4. The molecule has 0 saturated carbocycles. The van der Waals surface area contributed by atoms with Gasteiger partial charge in [-0.15, -0.1) is 0 Å². The van der Waals surface area contributed by atoms with Gasteiger partial charge in [0.2, 0.25) is 5.88 Å². The summed E-state index contributed by atoms with van der Waals surface area (Å²) in [5, 5.41) is 11.1. The molecular weight excluding hydrogens is 372 g/mol. The topological polar surface area (TPSA) is 101 Å². The number of carbonyl (C=O) groups is 1. The highest BCUT2D eigenvalue weighted by Crippen LogP contribution is 2.37. The van der Waals surface area contributed by atoms with Gasteiger partial charge in [0.05, 0.1) is 11.3 Å². The Morgan fingerprint density at radius 3 is 2.63 bits per heavy atom.